The summed E-state index contributed by atoms with van der Waals surface area (Å²) in [5.41, 5.74) is 19.5. The molecule has 1 aromatic heterocycles. The van der Waals surface area contributed by atoms with Gasteiger partial charge in [0.2, 0.25) is 0 Å². The van der Waals surface area contributed by atoms with Gasteiger partial charge in [0, 0.05) is 48.3 Å². The first kappa shape index (κ1) is 38.9. The lowest BCUT2D eigenvalue weighted by molar-refractivity contribution is 0.660. The number of nitrogens with zero attached hydrogens (tertiary/aromatic N) is 2. The van der Waals surface area contributed by atoms with Crippen LogP contribution in [0.4, 0.5) is 17.1 Å². The van der Waals surface area contributed by atoms with Gasteiger partial charge in [-0.15, -0.1) is 0 Å². The van der Waals surface area contributed by atoms with Gasteiger partial charge in [-0.25, -0.2) is 0 Å². The molecule has 3 aliphatic rings. The molecule has 0 radical (unpaired) electrons. The minimum absolute atomic E-state index is 0.165. The first-order valence-corrected chi connectivity index (χ1v) is 24.9. The van der Waals surface area contributed by atoms with Crippen LogP contribution >= 0.6 is 11.8 Å². The van der Waals surface area contributed by atoms with Gasteiger partial charge in [-0.3, -0.25) is 0 Å². The van der Waals surface area contributed by atoms with Gasteiger partial charge in [-0.2, -0.15) is 0 Å². The van der Waals surface area contributed by atoms with Crippen molar-refractivity contribution in [3.05, 3.63) is 264 Å². The lowest BCUT2D eigenvalue weighted by Gasteiger charge is -2.46. The van der Waals surface area contributed by atoms with E-state index in [0.717, 1.165) is 11.4 Å². The molecule has 324 valence electrons. The van der Waals surface area contributed by atoms with Crippen LogP contribution in [0.25, 0.3) is 71.3 Å². The Hall–Kier alpha value is -8.11. The van der Waals surface area contributed by atoms with Gasteiger partial charge in [0.1, 0.15) is 0 Å². The van der Waals surface area contributed by atoms with E-state index in [1.54, 1.807) is 0 Å². The van der Waals surface area contributed by atoms with E-state index in [1.807, 2.05) is 11.8 Å². The third-order valence-electron chi connectivity index (χ3n) is 15.8. The van der Waals surface area contributed by atoms with Crippen LogP contribution in [0, 0.1) is 0 Å². The van der Waals surface area contributed by atoms with Crippen LogP contribution in [0.15, 0.2) is 240 Å². The number of hydrogen-bond acceptors (Lipinski definition) is 2. The highest BCUT2D eigenvalue weighted by Gasteiger charge is 2.49. The minimum atomic E-state index is -0.577. The Bertz CT molecular complexity index is 4160. The molecule has 0 bridgehead atoms. The highest BCUT2D eigenvalue weighted by atomic mass is 32.2. The van der Waals surface area contributed by atoms with Crippen LogP contribution in [0.1, 0.15) is 47.2 Å². The van der Waals surface area contributed by atoms with Gasteiger partial charge in [0.15, 0.2) is 0 Å². The van der Waals surface area contributed by atoms with Crippen molar-refractivity contribution in [1.82, 2.24) is 4.57 Å². The maximum Gasteiger partial charge on any atom is 0.0736 e. The monoisotopic (exact) mass is 896 g/mol. The molecule has 1 unspecified atom stereocenters. The molecule has 69 heavy (non-hydrogen) atoms. The Morgan fingerprint density at radius 3 is 1.88 bits per heavy atom. The fourth-order valence-electron chi connectivity index (χ4n) is 12.9. The van der Waals surface area contributed by atoms with E-state index in [-0.39, 0.29) is 5.41 Å². The summed E-state index contributed by atoms with van der Waals surface area (Å²) in [4.78, 5) is 5.15. The van der Waals surface area contributed by atoms with Crippen molar-refractivity contribution < 1.29 is 0 Å². The third-order valence-corrected chi connectivity index (χ3v) is 17.0. The maximum atomic E-state index is 2.57. The van der Waals surface area contributed by atoms with Crippen LogP contribution < -0.4 is 4.90 Å². The van der Waals surface area contributed by atoms with Crippen LogP contribution in [-0.2, 0) is 10.8 Å². The maximum absolute atomic E-state index is 2.57. The molecule has 3 heteroatoms. The molecule has 1 atom stereocenters. The Balaban J connectivity index is 1.04. The summed E-state index contributed by atoms with van der Waals surface area (Å²) in [6, 6.07) is 87.0. The normalized spacial score (nSPS) is 15.8. The number of anilines is 3. The van der Waals surface area contributed by atoms with E-state index in [9.17, 15) is 0 Å². The van der Waals surface area contributed by atoms with E-state index in [2.05, 4.69) is 254 Å². The second-order valence-electron chi connectivity index (χ2n) is 19.5. The molecule has 12 aromatic rings. The smallest absolute Gasteiger partial charge is 0.0736 e. The summed E-state index contributed by atoms with van der Waals surface area (Å²) < 4.78 is 2.47. The molecule has 0 amide bonds. The summed E-state index contributed by atoms with van der Waals surface area (Å²) >= 11 is 1.90. The second-order valence-corrected chi connectivity index (χ2v) is 20.6. The molecule has 11 aromatic carbocycles. The molecule has 2 aliphatic carbocycles. The number of para-hydroxylation sites is 1. The predicted octanol–water partition coefficient (Wildman–Crippen LogP) is 17.7. The number of fused-ring (bicyclic) bond motifs is 15. The van der Waals surface area contributed by atoms with Gasteiger partial charge in [-0.1, -0.05) is 195 Å². The molecule has 0 fully saturated rings. The zero-order valence-corrected chi connectivity index (χ0v) is 39.1. The quantitative estimate of drug-likeness (QED) is 0.174. The average Bonchev–Trinajstić information content (AvgIpc) is 3.85. The number of benzene rings is 11. The zero-order chi connectivity index (χ0) is 45.6. The van der Waals surface area contributed by atoms with Crippen LogP contribution in [0.5, 0.6) is 0 Å². The molecular weight excluding hydrogens is 853 g/mol. The molecule has 1 spiro atoms. The van der Waals surface area contributed by atoms with Crippen LogP contribution in [-0.4, -0.2) is 4.57 Å². The Morgan fingerprint density at radius 1 is 0.391 bits per heavy atom. The molecule has 2 nitrogen and oxygen atoms in total. The van der Waals surface area contributed by atoms with E-state index < -0.39 is 5.41 Å². The van der Waals surface area contributed by atoms with Crippen molar-refractivity contribution in [1.29, 1.82) is 0 Å². The summed E-state index contributed by atoms with van der Waals surface area (Å²) in [5, 5.41) is 7.52. The van der Waals surface area contributed by atoms with Crippen molar-refractivity contribution in [2.75, 3.05) is 4.90 Å². The Labute approximate surface area is 405 Å². The second kappa shape index (κ2) is 14.2. The van der Waals surface area contributed by atoms with Gasteiger partial charge >= 0.3 is 0 Å². The predicted molar refractivity (Wildman–Crippen MR) is 289 cm³/mol. The van der Waals surface area contributed by atoms with E-state index >= 15 is 0 Å². The van der Waals surface area contributed by atoms with Crippen LogP contribution in [0.2, 0.25) is 0 Å². The van der Waals surface area contributed by atoms with Gasteiger partial charge < -0.3 is 9.47 Å². The van der Waals surface area contributed by atoms with Crippen molar-refractivity contribution in [2.24, 2.45) is 0 Å². The SMILES string of the molecule is CC1(C)c2ccccc2-c2c(N(c3ccc4c(c3)C3(c5ccccc5S4)c4ccccc4-c4cccc5cccc3c45)c3ccc4c(c3)c3ccccc3n4-c3cccc4ccccc34)cccc21. The van der Waals surface area contributed by atoms with Crippen molar-refractivity contribution >= 4 is 72.2 Å². The Kier molecular flexibility index (Phi) is 8.02. The molecule has 0 saturated heterocycles. The molecule has 1 aliphatic heterocycles. The first-order chi connectivity index (χ1) is 34.0. The highest BCUT2D eigenvalue weighted by Crippen LogP contribution is 2.62. The fourth-order valence-corrected chi connectivity index (χ4v) is 14.1. The summed E-state index contributed by atoms with van der Waals surface area (Å²) in [5.74, 6) is 0. The Morgan fingerprint density at radius 2 is 0.986 bits per heavy atom. The van der Waals surface area contributed by atoms with Crippen molar-refractivity contribution in [3.8, 4) is 27.9 Å². The summed E-state index contributed by atoms with van der Waals surface area (Å²) in [6.45, 7) is 4.77. The standard InChI is InChI=1S/C66H44N2S/c1-65(2)51-26-8-6-24-49(51)64-54(65)29-16-33-60(64)67(43-35-37-59-50(39-43)47-23-7-11-31-58(47)68(59)57-32-15-18-41-17-3-4-21-45(41)57)44-36-38-62-56(40-44)66(53-28-10-12-34-61(53)69-62)52-27-9-5-22-46(52)48-25-13-19-42-20-14-30-55(66)63(42)48/h3-40H,1-2H3. The molecule has 15 rings (SSSR count). The molecule has 0 N–H and O–H groups in total. The third kappa shape index (κ3) is 5.18. The fraction of sp³-hybridized carbons (Fsp3) is 0.0606. The number of rotatable bonds is 4. The highest BCUT2D eigenvalue weighted by molar-refractivity contribution is 7.99. The van der Waals surface area contributed by atoms with E-state index in [1.165, 1.54) is 120 Å². The molecule has 2 heterocycles. The summed E-state index contributed by atoms with van der Waals surface area (Å²) in [7, 11) is 0. The van der Waals surface area contributed by atoms with Crippen molar-refractivity contribution in [2.45, 2.75) is 34.5 Å². The van der Waals surface area contributed by atoms with Gasteiger partial charge in [-0.05, 0) is 127 Å². The summed E-state index contributed by atoms with van der Waals surface area (Å²) in [6.07, 6.45) is 0. The first-order valence-electron chi connectivity index (χ1n) is 24.1. The van der Waals surface area contributed by atoms with Gasteiger partial charge in [0.05, 0.1) is 27.8 Å². The van der Waals surface area contributed by atoms with Crippen molar-refractivity contribution in [3.63, 3.8) is 0 Å². The lowest BCUT2D eigenvalue weighted by atomic mass is 9.59. The van der Waals surface area contributed by atoms with E-state index in [0.29, 0.717) is 0 Å². The largest absolute Gasteiger partial charge is 0.310 e. The number of aromatic nitrogens is 1. The van der Waals surface area contributed by atoms with Crippen LogP contribution in [0.3, 0.4) is 0 Å². The topological polar surface area (TPSA) is 8.17 Å². The van der Waals surface area contributed by atoms with E-state index in [4.69, 9.17) is 0 Å². The zero-order valence-electron chi connectivity index (χ0n) is 38.2. The molecular formula is C66H44N2S. The number of hydrogen-bond donors (Lipinski definition) is 0. The average molecular weight is 897 g/mol. The molecule has 0 saturated carbocycles. The minimum Gasteiger partial charge on any atom is -0.310 e. The van der Waals surface area contributed by atoms with Gasteiger partial charge in [0.25, 0.3) is 0 Å². The lowest BCUT2D eigenvalue weighted by Crippen LogP contribution is -2.36.